The summed E-state index contributed by atoms with van der Waals surface area (Å²) in [4.78, 5) is 0.719. The number of rotatable bonds is 12. The molecule has 0 radical (unpaired) electrons. The molecule has 0 saturated carbocycles. The van der Waals surface area contributed by atoms with Crippen molar-refractivity contribution >= 4 is 31.6 Å². The Morgan fingerprint density at radius 1 is 0.750 bits per heavy atom. The Morgan fingerprint density at radius 2 is 1.33 bits per heavy atom. The fourth-order valence-electron chi connectivity index (χ4n) is 6.00. The Balaban J connectivity index is 0.00000520. The van der Waals surface area contributed by atoms with Crippen LogP contribution in [0.15, 0.2) is 137 Å². The van der Waals surface area contributed by atoms with E-state index in [1.54, 1.807) is 0 Å². The van der Waals surface area contributed by atoms with Crippen molar-refractivity contribution in [2.45, 2.75) is 42.6 Å². The normalized spacial score (nSPS) is 15.1. The van der Waals surface area contributed by atoms with E-state index in [9.17, 15) is 25.9 Å². The van der Waals surface area contributed by atoms with E-state index in [2.05, 4.69) is 47.6 Å². The molecule has 244 valence electrons. The molecule has 1 aliphatic rings. The van der Waals surface area contributed by atoms with Crippen LogP contribution in [-0.2, 0) is 33.3 Å². The van der Waals surface area contributed by atoms with Crippen LogP contribution < -0.4 is 34.5 Å². The summed E-state index contributed by atoms with van der Waals surface area (Å²) < 4.78 is 75.3. The maximum atomic E-state index is 12.6. The second-order valence-corrected chi connectivity index (χ2v) is 14.1. The van der Waals surface area contributed by atoms with E-state index in [4.69, 9.17) is 0 Å². The van der Waals surface area contributed by atoms with Crippen molar-refractivity contribution in [3.63, 3.8) is 0 Å². The van der Waals surface area contributed by atoms with E-state index in [0.717, 1.165) is 47.2 Å². The van der Waals surface area contributed by atoms with Gasteiger partial charge in [0, 0.05) is 48.3 Å². The van der Waals surface area contributed by atoms with Crippen LogP contribution in [0.4, 0.5) is 5.69 Å². The second-order valence-electron chi connectivity index (χ2n) is 11.4. The topological polar surface area (TPSA) is 121 Å². The molecule has 0 amide bonds. The van der Waals surface area contributed by atoms with E-state index < -0.39 is 35.9 Å². The minimum absolute atomic E-state index is 0. The van der Waals surface area contributed by atoms with Gasteiger partial charge in [0.15, 0.2) is 12.3 Å². The van der Waals surface area contributed by atoms with Crippen LogP contribution in [0, 0.1) is 5.92 Å². The summed E-state index contributed by atoms with van der Waals surface area (Å²) in [7, 11) is -10.2. The van der Waals surface area contributed by atoms with E-state index >= 15 is 0 Å². The van der Waals surface area contributed by atoms with Gasteiger partial charge in [-0.05, 0) is 54.8 Å². The van der Waals surface area contributed by atoms with Crippen LogP contribution in [0.2, 0.25) is 0 Å². The predicted molar refractivity (Wildman–Crippen MR) is 182 cm³/mol. The number of anilines is 1. The summed E-state index contributed by atoms with van der Waals surface area (Å²) in [5, 5.41) is 0. The summed E-state index contributed by atoms with van der Waals surface area (Å²) in [6.07, 6.45) is 7.90. The number of allylic oxidation sites excluding steroid dienone is 4. The van der Waals surface area contributed by atoms with E-state index in [-0.39, 0.29) is 41.0 Å². The number of benzene rings is 4. The first-order valence-electron chi connectivity index (χ1n) is 15.4. The Morgan fingerprint density at radius 3 is 1.85 bits per heavy atom. The monoisotopic (exact) mass is 692 g/mol. The average Bonchev–Trinajstić information content (AvgIpc) is 3.07. The molecule has 0 bridgehead atoms. The number of hydrogen-bond donors (Lipinski definition) is 0. The zero-order chi connectivity index (χ0) is 33.6. The Hall–Kier alpha value is -3.35. The summed E-state index contributed by atoms with van der Waals surface area (Å²) in [6.45, 7) is 7.06. The molecule has 1 unspecified atom stereocenters. The zero-order valence-electron chi connectivity index (χ0n) is 27.3. The van der Waals surface area contributed by atoms with Crippen LogP contribution in [0.25, 0.3) is 0 Å². The molecule has 8 nitrogen and oxygen atoms in total. The van der Waals surface area contributed by atoms with Crippen molar-refractivity contribution in [1.82, 2.24) is 0 Å². The summed E-state index contributed by atoms with van der Waals surface area (Å²) >= 11 is 0. The Labute approximate surface area is 305 Å². The van der Waals surface area contributed by atoms with E-state index in [1.807, 2.05) is 85.0 Å². The largest absolute Gasteiger partial charge is 1.00 e. The number of hydrogen-bond acceptors (Lipinski definition) is 7. The molecule has 48 heavy (non-hydrogen) atoms. The van der Waals surface area contributed by atoms with Crippen LogP contribution in [-0.4, -0.2) is 49.3 Å². The summed E-state index contributed by atoms with van der Waals surface area (Å²) in [5.41, 5.74) is 5.12. The first kappa shape index (κ1) is 37.5. The van der Waals surface area contributed by atoms with Gasteiger partial charge in [0.05, 0.1) is 9.79 Å². The van der Waals surface area contributed by atoms with E-state index in [0.29, 0.717) is 19.2 Å². The molecule has 0 aliphatic heterocycles. The standard InChI is InChI=1S/C37H38N2O6S2.Na/c1-3-38(26-28-11-7-5-8-12-28)32-19-15-30(16-20-32)37(35-24-23-34(46(40,41)42)25-36(35)47(43,44)45)31-17-21-33(22-18-31)39(4-2)27-29-13-9-6-10-14-29;/h5-25,30,37H,3-4,26-27H2,1-2H3,(H-,40,41,42,43,44,45);/q;+1/p-1. The van der Waals surface area contributed by atoms with Gasteiger partial charge in [0.2, 0.25) is 0 Å². The van der Waals surface area contributed by atoms with Crippen LogP contribution in [0.5, 0.6) is 0 Å². The van der Waals surface area contributed by atoms with Gasteiger partial charge in [-0.3, -0.25) is 0 Å². The summed E-state index contributed by atoms with van der Waals surface area (Å²) in [5.74, 6) is -1.06. The molecule has 0 N–H and O–H groups in total. The maximum absolute atomic E-state index is 12.6. The average molecular weight is 693 g/mol. The molecule has 1 aliphatic carbocycles. The molecule has 0 aromatic heterocycles. The first-order chi connectivity index (χ1) is 22.5. The van der Waals surface area contributed by atoms with Crippen LogP contribution in [0.3, 0.4) is 0 Å². The molecule has 4 aromatic rings. The molecule has 0 saturated heterocycles. The van der Waals surface area contributed by atoms with Crippen molar-refractivity contribution in [1.29, 1.82) is 0 Å². The number of nitrogens with zero attached hydrogens (tertiary/aromatic N) is 2. The minimum atomic E-state index is -5.15. The molecular formula is C37H37N2NaO6S2. The second kappa shape index (κ2) is 16.4. The predicted octanol–water partition coefficient (Wildman–Crippen LogP) is 3.07. The molecule has 0 spiro atoms. The van der Waals surface area contributed by atoms with Crippen molar-refractivity contribution < 1.29 is 60.1 Å². The molecule has 1 atom stereocenters. The molecule has 11 heteroatoms. The van der Waals surface area contributed by atoms with Gasteiger partial charge in [-0.15, -0.1) is 0 Å². The van der Waals surface area contributed by atoms with Crippen molar-refractivity contribution in [2.24, 2.45) is 5.92 Å². The Bertz CT molecular complexity index is 2000. The zero-order valence-corrected chi connectivity index (χ0v) is 30.9. The SMILES string of the molecule is CCN(Cc1ccccc1)c1ccc(C(c2ccc(S(=O)(=O)[O-])cc2S(=O)(=O)[O-])C2C=CC(=[N+](CC)Cc3ccccc3)C=C2)cc1.[Na+]. The molecule has 4 aromatic carbocycles. The minimum Gasteiger partial charge on any atom is -0.744 e. The third-order valence-corrected chi connectivity index (χ3v) is 10.1. The van der Waals surface area contributed by atoms with E-state index in [1.165, 1.54) is 6.07 Å². The van der Waals surface area contributed by atoms with Gasteiger partial charge < -0.3 is 14.0 Å². The van der Waals surface area contributed by atoms with Crippen molar-refractivity contribution in [3.05, 3.63) is 150 Å². The third kappa shape index (κ3) is 9.21. The molecule has 0 heterocycles. The van der Waals surface area contributed by atoms with Gasteiger partial charge in [-0.2, -0.15) is 0 Å². The van der Waals surface area contributed by atoms with Gasteiger partial charge in [0.1, 0.15) is 26.8 Å². The smallest absolute Gasteiger partial charge is 0.744 e. The van der Waals surface area contributed by atoms with Crippen LogP contribution in [0.1, 0.15) is 42.0 Å². The van der Waals surface area contributed by atoms with Crippen molar-refractivity contribution in [2.75, 3.05) is 18.0 Å². The quantitative estimate of drug-likeness (QED) is 0.127. The van der Waals surface area contributed by atoms with Gasteiger partial charge in [-0.25, -0.2) is 21.4 Å². The fraction of sp³-hybridized carbons (Fsp3) is 0.216. The first-order valence-corrected chi connectivity index (χ1v) is 18.3. The van der Waals surface area contributed by atoms with Gasteiger partial charge >= 0.3 is 29.6 Å². The third-order valence-electron chi connectivity index (χ3n) is 8.42. The fourth-order valence-corrected chi connectivity index (χ4v) is 7.32. The molecular weight excluding hydrogens is 656 g/mol. The Kier molecular flexibility index (Phi) is 12.8. The molecule has 5 rings (SSSR count). The molecule has 0 fully saturated rings. The summed E-state index contributed by atoms with van der Waals surface area (Å²) in [6, 6.07) is 31.0. The van der Waals surface area contributed by atoms with Crippen molar-refractivity contribution in [3.8, 4) is 0 Å². The van der Waals surface area contributed by atoms with Gasteiger partial charge in [-0.1, -0.05) is 91.0 Å². The maximum Gasteiger partial charge on any atom is 1.00 e. The van der Waals surface area contributed by atoms with Gasteiger partial charge in [0.25, 0.3) is 0 Å². The van der Waals surface area contributed by atoms with Crippen LogP contribution >= 0.6 is 0 Å².